The lowest BCUT2D eigenvalue weighted by atomic mass is 9.69. The molecule has 2 aromatic heterocycles. The van der Waals surface area contributed by atoms with Gasteiger partial charge in [-0.05, 0) is 108 Å². The van der Waals surface area contributed by atoms with E-state index in [1.54, 1.807) is 0 Å². The molecule has 208 valence electrons. The molecule has 0 unspecified atom stereocenters. The van der Waals surface area contributed by atoms with Crippen molar-refractivity contribution in [3.63, 3.8) is 0 Å². The van der Waals surface area contributed by atoms with Crippen molar-refractivity contribution < 1.29 is 0 Å². The number of rotatable bonds is 2. The van der Waals surface area contributed by atoms with Crippen LogP contribution in [-0.2, 0) is 5.41 Å². The lowest BCUT2D eigenvalue weighted by Crippen LogP contribution is -2.26. The number of hydrogen-bond donors (Lipinski definition) is 0. The fourth-order valence-corrected chi connectivity index (χ4v) is 8.07. The molecular formula is C43H26N2. The average Bonchev–Trinajstić information content (AvgIpc) is 3.58. The third-order valence-electron chi connectivity index (χ3n) is 9.95. The molecule has 2 heteroatoms. The van der Waals surface area contributed by atoms with Gasteiger partial charge < -0.3 is 0 Å². The number of nitrogens with zero attached hydrogens (tertiary/aromatic N) is 2. The molecule has 0 saturated carbocycles. The molecule has 1 spiro atoms. The minimum absolute atomic E-state index is 0.394. The van der Waals surface area contributed by atoms with E-state index in [1.807, 2.05) is 30.6 Å². The van der Waals surface area contributed by atoms with Crippen LogP contribution < -0.4 is 0 Å². The molecule has 8 aromatic rings. The van der Waals surface area contributed by atoms with Crippen LogP contribution in [0.2, 0.25) is 0 Å². The molecule has 2 nitrogen and oxygen atoms in total. The van der Waals surface area contributed by atoms with Crippen LogP contribution in [0.1, 0.15) is 22.3 Å². The molecule has 0 amide bonds. The Balaban J connectivity index is 1.24. The fourth-order valence-electron chi connectivity index (χ4n) is 8.07. The van der Waals surface area contributed by atoms with Gasteiger partial charge in [-0.2, -0.15) is 0 Å². The second kappa shape index (κ2) is 9.07. The first-order valence-corrected chi connectivity index (χ1v) is 15.5. The molecule has 0 radical (unpaired) electrons. The molecule has 0 atom stereocenters. The lowest BCUT2D eigenvalue weighted by molar-refractivity contribution is 0.802. The highest BCUT2D eigenvalue weighted by atomic mass is 14.8. The third kappa shape index (κ3) is 3.29. The van der Waals surface area contributed by atoms with Gasteiger partial charge in [-0.3, -0.25) is 9.97 Å². The van der Waals surface area contributed by atoms with Crippen molar-refractivity contribution in [1.29, 1.82) is 0 Å². The molecule has 2 aliphatic carbocycles. The van der Waals surface area contributed by atoms with Gasteiger partial charge in [0.15, 0.2) is 0 Å². The van der Waals surface area contributed by atoms with Crippen molar-refractivity contribution in [2.75, 3.05) is 0 Å². The predicted octanol–water partition coefficient (Wildman–Crippen LogP) is 10.5. The Hall–Kier alpha value is -5.86. The molecule has 10 rings (SSSR count). The van der Waals surface area contributed by atoms with Gasteiger partial charge in [-0.15, -0.1) is 0 Å². The summed E-state index contributed by atoms with van der Waals surface area (Å²) in [5.74, 6) is 0. The van der Waals surface area contributed by atoms with Gasteiger partial charge in [0.2, 0.25) is 0 Å². The molecule has 2 heterocycles. The quantitative estimate of drug-likeness (QED) is 0.207. The zero-order valence-electron chi connectivity index (χ0n) is 24.4. The number of fused-ring (bicyclic) bond motifs is 13. The Bertz CT molecular complexity index is 2430. The Morgan fingerprint density at radius 1 is 0.400 bits per heavy atom. The van der Waals surface area contributed by atoms with Crippen LogP contribution in [0.15, 0.2) is 158 Å². The summed E-state index contributed by atoms with van der Waals surface area (Å²) >= 11 is 0. The van der Waals surface area contributed by atoms with Crippen LogP contribution in [0.25, 0.3) is 66.3 Å². The summed E-state index contributed by atoms with van der Waals surface area (Å²) in [7, 11) is 0. The third-order valence-corrected chi connectivity index (χ3v) is 9.95. The summed E-state index contributed by atoms with van der Waals surface area (Å²) in [4.78, 5) is 9.23. The van der Waals surface area contributed by atoms with E-state index in [0.717, 1.165) is 22.5 Å². The van der Waals surface area contributed by atoms with E-state index >= 15 is 0 Å². The van der Waals surface area contributed by atoms with Crippen LogP contribution >= 0.6 is 0 Å². The Labute approximate surface area is 261 Å². The summed E-state index contributed by atoms with van der Waals surface area (Å²) in [6, 6.07) is 53.4. The molecule has 0 bridgehead atoms. The van der Waals surface area contributed by atoms with Crippen LogP contribution in [0.5, 0.6) is 0 Å². The van der Waals surface area contributed by atoms with Gasteiger partial charge in [0.05, 0.1) is 16.8 Å². The smallest absolute Gasteiger partial charge is 0.0886 e. The van der Waals surface area contributed by atoms with E-state index < -0.39 is 5.41 Å². The van der Waals surface area contributed by atoms with E-state index in [9.17, 15) is 0 Å². The van der Waals surface area contributed by atoms with Crippen LogP contribution in [-0.4, -0.2) is 9.97 Å². The lowest BCUT2D eigenvalue weighted by Gasteiger charge is -2.31. The summed E-state index contributed by atoms with van der Waals surface area (Å²) in [6.07, 6.45) is 3.77. The molecule has 0 saturated heterocycles. The topological polar surface area (TPSA) is 25.8 Å². The normalized spacial score (nSPS) is 13.5. The highest BCUT2D eigenvalue weighted by molar-refractivity contribution is 6.06. The van der Waals surface area contributed by atoms with E-state index in [4.69, 9.17) is 4.98 Å². The van der Waals surface area contributed by atoms with Crippen LogP contribution in [0.4, 0.5) is 0 Å². The molecule has 2 aliphatic rings. The largest absolute Gasteiger partial charge is 0.255 e. The first-order valence-electron chi connectivity index (χ1n) is 15.5. The zero-order chi connectivity index (χ0) is 29.5. The van der Waals surface area contributed by atoms with Crippen molar-refractivity contribution in [3.8, 4) is 44.8 Å². The number of hydrogen-bond acceptors (Lipinski definition) is 2. The van der Waals surface area contributed by atoms with Crippen molar-refractivity contribution >= 4 is 21.5 Å². The van der Waals surface area contributed by atoms with E-state index in [2.05, 4.69) is 132 Å². The molecular weight excluding hydrogens is 544 g/mol. The standard InChI is InChI=1S/C43H26N2/c1-2-10-28-25-39-36(24-27(28)9-1)35-20-17-30-23-29(31-18-21-41(45-26-31)40-15-7-8-22-44-40)16-19-32(30)42(35)43(39)37-13-5-3-11-33(37)34-12-4-6-14-38(34)43/h1-26H. The van der Waals surface area contributed by atoms with Gasteiger partial charge in [0, 0.05) is 18.0 Å². The van der Waals surface area contributed by atoms with Crippen molar-refractivity contribution in [1.82, 2.24) is 9.97 Å². The first kappa shape index (κ1) is 24.6. The second-order valence-electron chi connectivity index (χ2n) is 12.2. The van der Waals surface area contributed by atoms with Gasteiger partial charge >= 0.3 is 0 Å². The summed E-state index contributed by atoms with van der Waals surface area (Å²) in [5, 5.41) is 5.08. The summed E-state index contributed by atoms with van der Waals surface area (Å²) < 4.78 is 0. The minimum atomic E-state index is -0.394. The molecule has 0 fully saturated rings. The van der Waals surface area contributed by atoms with Crippen molar-refractivity contribution in [2.24, 2.45) is 0 Å². The average molecular weight is 571 g/mol. The van der Waals surface area contributed by atoms with Crippen molar-refractivity contribution in [3.05, 3.63) is 180 Å². The second-order valence-corrected chi connectivity index (χ2v) is 12.2. The molecule has 6 aromatic carbocycles. The molecule has 0 aliphatic heterocycles. The van der Waals surface area contributed by atoms with E-state index in [-0.39, 0.29) is 0 Å². The van der Waals surface area contributed by atoms with Crippen molar-refractivity contribution in [2.45, 2.75) is 5.41 Å². The Morgan fingerprint density at radius 3 is 1.82 bits per heavy atom. The number of aromatic nitrogens is 2. The molecule has 45 heavy (non-hydrogen) atoms. The zero-order valence-corrected chi connectivity index (χ0v) is 24.4. The maximum absolute atomic E-state index is 4.76. The first-order chi connectivity index (χ1) is 22.3. The highest BCUT2D eigenvalue weighted by Crippen LogP contribution is 2.64. The fraction of sp³-hybridized carbons (Fsp3) is 0.0233. The maximum Gasteiger partial charge on any atom is 0.0886 e. The van der Waals surface area contributed by atoms with E-state index in [1.165, 1.54) is 66.1 Å². The van der Waals surface area contributed by atoms with Crippen LogP contribution in [0, 0.1) is 0 Å². The number of pyridine rings is 2. The number of benzene rings is 6. The monoisotopic (exact) mass is 570 g/mol. The predicted molar refractivity (Wildman–Crippen MR) is 184 cm³/mol. The minimum Gasteiger partial charge on any atom is -0.255 e. The van der Waals surface area contributed by atoms with Gasteiger partial charge in [0.1, 0.15) is 0 Å². The van der Waals surface area contributed by atoms with Gasteiger partial charge in [-0.25, -0.2) is 0 Å². The summed E-state index contributed by atoms with van der Waals surface area (Å²) in [6.45, 7) is 0. The van der Waals surface area contributed by atoms with Crippen LogP contribution in [0.3, 0.4) is 0 Å². The SMILES string of the molecule is c1ccc(-c2ccc(-c3ccc4c5c(ccc4c3)-c3cc4ccccc4cc3C53c4ccccc4-c4ccccc43)cn2)nc1. The van der Waals surface area contributed by atoms with Gasteiger partial charge in [0.25, 0.3) is 0 Å². The van der Waals surface area contributed by atoms with E-state index in [0.29, 0.717) is 0 Å². The maximum atomic E-state index is 4.76. The Morgan fingerprint density at radius 2 is 1.09 bits per heavy atom. The molecule has 0 N–H and O–H groups in total. The van der Waals surface area contributed by atoms with Gasteiger partial charge in [-0.1, -0.05) is 109 Å². The summed E-state index contributed by atoms with van der Waals surface area (Å²) in [5.41, 5.74) is 14.4. The Kier molecular flexibility index (Phi) is 4.95. The highest BCUT2D eigenvalue weighted by Gasteiger charge is 2.52.